The monoisotopic (exact) mass is 430 g/mol. The van der Waals surface area contributed by atoms with Crippen LogP contribution in [0.2, 0.25) is 0 Å². The van der Waals surface area contributed by atoms with E-state index < -0.39 is 0 Å². The van der Waals surface area contributed by atoms with Gasteiger partial charge >= 0.3 is 0 Å². The quantitative estimate of drug-likeness (QED) is 0.335. The number of aryl methyl sites for hydroxylation is 1. The molecule has 1 aromatic carbocycles. The minimum atomic E-state index is 0.143. The first-order chi connectivity index (χ1) is 15.0. The van der Waals surface area contributed by atoms with E-state index in [1.807, 2.05) is 43.1 Å². The number of ether oxygens (including phenoxy) is 1. The summed E-state index contributed by atoms with van der Waals surface area (Å²) in [7, 11) is 4.21. The van der Waals surface area contributed by atoms with E-state index in [4.69, 9.17) is 4.74 Å². The Balaban J connectivity index is 1.53. The summed E-state index contributed by atoms with van der Waals surface area (Å²) in [6, 6.07) is 8.24. The summed E-state index contributed by atoms with van der Waals surface area (Å²) in [6.45, 7) is 7.65. The molecule has 1 saturated carbocycles. The third-order valence-corrected chi connectivity index (χ3v) is 6.71. The molecule has 0 bridgehead atoms. The van der Waals surface area contributed by atoms with Crippen LogP contribution in [-0.2, 0) is 4.74 Å². The number of hydrogen-bond donors (Lipinski definition) is 0. The van der Waals surface area contributed by atoms with E-state index in [1.54, 1.807) is 0 Å². The van der Waals surface area contributed by atoms with E-state index >= 15 is 0 Å². The Bertz CT molecular complexity index is 625. The third-order valence-electron chi connectivity index (χ3n) is 6.71. The van der Waals surface area contributed by atoms with E-state index in [0.29, 0.717) is 12.1 Å². The lowest BCUT2D eigenvalue weighted by molar-refractivity contribution is 0.00907. The highest BCUT2D eigenvalue weighted by Gasteiger charge is 2.27. The van der Waals surface area contributed by atoms with Crippen LogP contribution in [0.3, 0.4) is 0 Å². The van der Waals surface area contributed by atoms with E-state index in [-0.39, 0.29) is 5.91 Å². The van der Waals surface area contributed by atoms with Crippen LogP contribution >= 0.6 is 0 Å². The van der Waals surface area contributed by atoms with Crippen molar-refractivity contribution in [1.82, 2.24) is 9.80 Å². The van der Waals surface area contributed by atoms with E-state index in [9.17, 15) is 4.79 Å². The predicted molar refractivity (Wildman–Crippen MR) is 131 cm³/mol. The average molecular weight is 431 g/mol. The molecule has 0 spiro atoms. The van der Waals surface area contributed by atoms with Crippen molar-refractivity contribution in [1.29, 1.82) is 0 Å². The normalized spacial score (nSPS) is 19.0. The molecule has 1 fully saturated rings. The van der Waals surface area contributed by atoms with E-state index in [1.165, 1.54) is 58.0 Å². The summed E-state index contributed by atoms with van der Waals surface area (Å²) in [6.07, 6.45) is 13.6. The SMILES string of the molecule is CCCCCN(C)CCCCCCO[C@H]1CC[C@H](N(C)C(=O)c2cccc(C)c2)CC1. The molecule has 4 nitrogen and oxygen atoms in total. The number of carbonyl (C=O) groups excluding carboxylic acids is 1. The number of hydrogen-bond acceptors (Lipinski definition) is 3. The van der Waals surface area contributed by atoms with Crippen LogP contribution in [0.5, 0.6) is 0 Å². The molecular weight excluding hydrogens is 384 g/mol. The molecule has 2 rings (SSSR count). The molecule has 176 valence electrons. The second kappa shape index (κ2) is 14.6. The molecule has 0 N–H and O–H groups in total. The van der Waals surface area contributed by atoms with Gasteiger partial charge in [0.15, 0.2) is 0 Å². The highest BCUT2D eigenvalue weighted by Crippen LogP contribution is 2.26. The summed E-state index contributed by atoms with van der Waals surface area (Å²) in [5.41, 5.74) is 1.93. The second-order valence-corrected chi connectivity index (χ2v) is 9.51. The molecule has 0 saturated heterocycles. The van der Waals surface area contributed by atoms with Crippen molar-refractivity contribution >= 4 is 5.91 Å². The fourth-order valence-corrected chi connectivity index (χ4v) is 4.58. The van der Waals surface area contributed by atoms with Crippen LogP contribution in [0.15, 0.2) is 24.3 Å². The Morgan fingerprint density at radius 1 is 0.968 bits per heavy atom. The Morgan fingerprint density at radius 2 is 1.65 bits per heavy atom. The van der Waals surface area contributed by atoms with Gasteiger partial charge in [0, 0.05) is 25.3 Å². The largest absolute Gasteiger partial charge is 0.378 e. The van der Waals surface area contributed by atoms with Crippen LogP contribution in [0.25, 0.3) is 0 Å². The number of benzene rings is 1. The summed E-state index contributed by atoms with van der Waals surface area (Å²) in [5.74, 6) is 0.143. The smallest absolute Gasteiger partial charge is 0.253 e. The van der Waals surface area contributed by atoms with Crippen LogP contribution in [0, 0.1) is 6.92 Å². The van der Waals surface area contributed by atoms with Gasteiger partial charge in [0.1, 0.15) is 0 Å². The lowest BCUT2D eigenvalue weighted by Gasteiger charge is -2.34. The Labute approximate surface area is 191 Å². The Kier molecular flexibility index (Phi) is 12.2. The number of rotatable bonds is 14. The Morgan fingerprint density at radius 3 is 2.32 bits per heavy atom. The molecular formula is C27H46N2O2. The van der Waals surface area contributed by atoms with Gasteiger partial charge in [0.25, 0.3) is 5.91 Å². The first kappa shape index (κ1) is 25.9. The molecule has 1 aliphatic rings. The van der Waals surface area contributed by atoms with Crippen molar-refractivity contribution in [3.8, 4) is 0 Å². The zero-order valence-electron chi connectivity index (χ0n) is 20.6. The van der Waals surface area contributed by atoms with Crippen molar-refractivity contribution in [2.75, 3.05) is 33.8 Å². The van der Waals surface area contributed by atoms with Gasteiger partial charge in [-0.2, -0.15) is 0 Å². The zero-order chi connectivity index (χ0) is 22.5. The first-order valence-corrected chi connectivity index (χ1v) is 12.6. The fraction of sp³-hybridized carbons (Fsp3) is 0.741. The molecule has 1 aromatic rings. The molecule has 1 amide bonds. The number of unbranched alkanes of at least 4 members (excludes halogenated alkanes) is 5. The zero-order valence-corrected chi connectivity index (χ0v) is 20.6. The minimum Gasteiger partial charge on any atom is -0.378 e. The predicted octanol–water partition coefficient (Wildman–Crippen LogP) is 6.08. The van der Waals surface area contributed by atoms with Crippen molar-refractivity contribution in [2.24, 2.45) is 0 Å². The maximum Gasteiger partial charge on any atom is 0.253 e. The summed E-state index contributed by atoms with van der Waals surface area (Å²) in [5, 5.41) is 0. The highest BCUT2D eigenvalue weighted by molar-refractivity contribution is 5.94. The van der Waals surface area contributed by atoms with E-state index in [2.05, 4.69) is 18.9 Å². The molecule has 0 aromatic heterocycles. The Hall–Kier alpha value is -1.39. The van der Waals surface area contributed by atoms with Crippen LogP contribution in [0.4, 0.5) is 0 Å². The second-order valence-electron chi connectivity index (χ2n) is 9.51. The van der Waals surface area contributed by atoms with Gasteiger partial charge in [0.2, 0.25) is 0 Å². The molecule has 0 radical (unpaired) electrons. The van der Waals surface area contributed by atoms with Gasteiger partial charge in [-0.15, -0.1) is 0 Å². The van der Waals surface area contributed by atoms with Crippen molar-refractivity contribution in [2.45, 2.75) is 96.6 Å². The number of nitrogens with zero attached hydrogens (tertiary/aromatic N) is 2. The minimum absolute atomic E-state index is 0.143. The third kappa shape index (κ3) is 9.74. The van der Waals surface area contributed by atoms with Crippen molar-refractivity contribution < 1.29 is 9.53 Å². The van der Waals surface area contributed by atoms with Gasteiger partial charge in [-0.25, -0.2) is 0 Å². The summed E-state index contributed by atoms with van der Waals surface area (Å²) >= 11 is 0. The van der Waals surface area contributed by atoms with Gasteiger partial charge in [-0.1, -0.05) is 50.3 Å². The molecule has 0 aliphatic heterocycles. The van der Waals surface area contributed by atoms with Crippen molar-refractivity contribution in [3.05, 3.63) is 35.4 Å². The topological polar surface area (TPSA) is 32.8 Å². The van der Waals surface area contributed by atoms with Gasteiger partial charge in [-0.3, -0.25) is 4.79 Å². The highest BCUT2D eigenvalue weighted by atomic mass is 16.5. The van der Waals surface area contributed by atoms with Gasteiger partial charge < -0.3 is 14.5 Å². The average Bonchev–Trinajstić information content (AvgIpc) is 2.78. The van der Waals surface area contributed by atoms with E-state index in [0.717, 1.165) is 43.4 Å². The number of amides is 1. The maximum atomic E-state index is 12.8. The lowest BCUT2D eigenvalue weighted by atomic mass is 9.91. The molecule has 1 aliphatic carbocycles. The summed E-state index contributed by atoms with van der Waals surface area (Å²) < 4.78 is 6.15. The van der Waals surface area contributed by atoms with Gasteiger partial charge in [0.05, 0.1) is 6.10 Å². The summed E-state index contributed by atoms with van der Waals surface area (Å²) in [4.78, 5) is 17.2. The molecule has 4 heteroatoms. The molecule has 0 unspecified atom stereocenters. The van der Waals surface area contributed by atoms with Crippen LogP contribution < -0.4 is 0 Å². The van der Waals surface area contributed by atoms with Crippen LogP contribution in [-0.4, -0.2) is 61.6 Å². The maximum absolute atomic E-state index is 12.8. The molecule has 0 heterocycles. The van der Waals surface area contributed by atoms with Crippen LogP contribution in [0.1, 0.15) is 93.5 Å². The molecule has 0 atom stereocenters. The molecule has 31 heavy (non-hydrogen) atoms. The number of carbonyl (C=O) groups is 1. The first-order valence-electron chi connectivity index (χ1n) is 12.6. The lowest BCUT2D eigenvalue weighted by Crippen LogP contribution is -2.40. The van der Waals surface area contributed by atoms with Gasteiger partial charge in [-0.05, 0) is 84.1 Å². The standard InChI is InChI=1S/C27H46N2O2/c1-5-6-9-19-28(3)20-10-7-8-11-21-31-26-17-15-25(16-18-26)29(4)27(30)24-14-12-13-23(2)22-24/h12-14,22,25-26H,5-11,15-21H2,1-4H3/t25-,26-. The fourth-order valence-electron chi connectivity index (χ4n) is 4.58. The van der Waals surface area contributed by atoms with Crippen molar-refractivity contribution in [3.63, 3.8) is 0 Å².